The molecule has 3 heteroatoms. The number of hydrogen-bond donors (Lipinski definition) is 1. The van der Waals surface area contributed by atoms with Crippen LogP contribution in [-0.2, 0) is 4.74 Å². The Morgan fingerprint density at radius 2 is 2.24 bits per heavy atom. The normalized spacial score (nSPS) is 19.9. The third kappa shape index (κ3) is 5.32. The molecule has 118 valence electrons. The van der Waals surface area contributed by atoms with Crippen LogP contribution in [0.1, 0.15) is 48.9 Å². The van der Waals surface area contributed by atoms with E-state index in [0.29, 0.717) is 12.1 Å². The zero-order chi connectivity index (χ0) is 15.1. The van der Waals surface area contributed by atoms with Crippen LogP contribution in [0.2, 0.25) is 0 Å². The van der Waals surface area contributed by atoms with E-state index in [1.54, 1.807) is 0 Å². The molecule has 0 radical (unpaired) electrons. The van der Waals surface area contributed by atoms with Crippen molar-refractivity contribution in [3.8, 4) is 0 Å². The topological polar surface area (TPSA) is 21.3 Å². The monoisotopic (exact) mass is 307 g/mol. The van der Waals surface area contributed by atoms with Gasteiger partial charge in [0, 0.05) is 24.2 Å². The van der Waals surface area contributed by atoms with Gasteiger partial charge in [-0.2, -0.15) is 11.8 Å². The van der Waals surface area contributed by atoms with Gasteiger partial charge in [0.05, 0.1) is 6.10 Å². The summed E-state index contributed by atoms with van der Waals surface area (Å²) >= 11 is 2.03. The molecule has 2 atom stereocenters. The number of aryl methyl sites for hydroxylation is 2. The van der Waals surface area contributed by atoms with E-state index in [9.17, 15) is 0 Å². The molecule has 1 heterocycles. The molecule has 0 aliphatic carbocycles. The van der Waals surface area contributed by atoms with E-state index in [4.69, 9.17) is 4.74 Å². The molecule has 0 amide bonds. The van der Waals surface area contributed by atoms with Crippen LogP contribution in [0.4, 0.5) is 0 Å². The standard InChI is InChI=1S/C18H29NOS/c1-4-9-19-18(13-21-12-16-6-5-10-20-16)17-8-7-14(2)11-15(17)3/h7-8,11,16,18-19H,4-6,9-10,12-13H2,1-3H3. The SMILES string of the molecule is CCCNC(CSCC1CCCO1)c1ccc(C)cc1C. The first-order valence-corrected chi connectivity index (χ1v) is 9.36. The molecule has 1 fully saturated rings. The first-order valence-electron chi connectivity index (χ1n) is 8.20. The predicted molar refractivity (Wildman–Crippen MR) is 93.2 cm³/mol. The van der Waals surface area contributed by atoms with Crippen LogP contribution in [0, 0.1) is 13.8 Å². The Kier molecular flexibility index (Phi) is 7.08. The maximum absolute atomic E-state index is 5.72. The molecular weight excluding hydrogens is 278 g/mol. The van der Waals surface area contributed by atoms with Crippen LogP contribution < -0.4 is 5.32 Å². The number of benzene rings is 1. The van der Waals surface area contributed by atoms with E-state index in [0.717, 1.165) is 24.7 Å². The highest BCUT2D eigenvalue weighted by Crippen LogP contribution is 2.25. The van der Waals surface area contributed by atoms with Gasteiger partial charge in [-0.25, -0.2) is 0 Å². The number of hydrogen-bond acceptors (Lipinski definition) is 3. The minimum atomic E-state index is 0.456. The van der Waals surface area contributed by atoms with Crippen molar-refractivity contribution < 1.29 is 4.74 Å². The predicted octanol–water partition coefficient (Wildman–Crippen LogP) is 4.26. The Balaban J connectivity index is 1.92. The summed E-state index contributed by atoms with van der Waals surface area (Å²) in [7, 11) is 0. The fourth-order valence-electron chi connectivity index (χ4n) is 2.89. The van der Waals surface area contributed by atoms with E-state index < -0.39 is 0 Å². The average molecular weight is 308 g/mol. The van der Waals surface area contributed by atoms with Gasteiger partial charge in [-0.15, -0.1) is 0 Å². The molecule has 0 saturated carbocycles. The van der Waals surface area contributed by atoms with Gasteiger partial charge < -0.3 is 10.1 Å². The highest BCUT2D eigenvalue weighted by atomic mass is 32.2. The molecule has 1 aliphatic rings. The molecule has 2 rings (SSSR count). The maximum Gasteiger partial charge on any atom is 0.0666 e. The Morgan fingerprint density at radius 1 is 1.38 bits per heavy atom. The Labute approximate surface area is 134 Å². The summed E-state index contributed by atoms with van der Waals surface area (Å²) in [5.41, 5.74) is 4.20. The smallest absolute Gasteiger partial charge is 0.0666 e. The van der Waals surface area contributed by atoms with E-state index in [2.05, 4.69) is 44.3 Å². The highest BCUT2D eigenvalue weighted by Gasteiger charge is 2.18. The van der Waals surface area contributed by atoms with Gasteiger partial charge in [0.25, 0.3) is 0 Å². The van der Waals surface area contributed by atoms with Crippen LogP contribution in [0.15, 0.2) is 18.2 Å². The van der Waals surface area contributed by atoms with Gasteiger partial charge in [-0.3, -0.25) is 0 Å². The summed E-state index contributed by atoms with van der Waals surface area (Å²) in [6.45, 7) is 8.66. The molecule has 1 N–H and O–H groups in total. The van der Waals surface area contributed by atoms with Crippen LogP contribution in [0.3, 0.4) is 0 Å². The molecule has 21 heavy (non-hydrogen) atoms. The average Bonchev–Trinajstić information content (AvgIpc) is 2.96. The fraction of sp³-hybridized carbons (Fsp3) is 0.667. The lowest BCUT2D eigenvalue weighted by Crippen LogP contribution is -2.25. The van der Waals surface area contributed by atoms with Crippen molar-refractivity contribution in [1.82, 2.24) is 5.32 Å². The number of rotatable bonds is 8. The van der Waals surface area contributed by atoms with Crippen molar-refractivity contribution in [1.29, 1.82) is 0 Å². The first-order chi connectivity index (χ1) is 10.2. The van der Waals surface area contributed by atoms with Crippen LogP contribution >= 0.6 is 11.8 Å². The quantitative estimate of drug-likeness (QED) is 0.775. The lowest BCUT2D eigenvalue weighted by molar-refractivity contribution is 0.129. The zero-order valence-electron chi connectivity index (χ0n) is 13.7. The van der Waals surface area contributed by atoms with Crippen molar-refractivity contribution >= 4 is 11.8 Å². The molecular formula is C18H29NOS. The molecule has 2 unspecified atom stereocenters. The highest BCUT2D eigenvalue weighted by molar-refractivity contribution is 7.99. The van der Waals surface area contributed by atoms with E-state index in [-0.39, 0.29) is 0 Å². The number of thioether (sulfide) groups is 1. The summed E-state index contributed by atoms with van der Waals surface area (Å²) in [5.74, 6) is 2.26. The largest absolute Gasteiger partial charge is 0.377 e. The van der Waals surface area contributed by atoms with Crippen molar-refractivity contribution in [2.24, 2.45) is 0 Å². The Bertz CT molecular complexity index is 429. The number of nitrogens with one attached hydrogen (secondary N) is 1. The fourth-order valence-corrected chi connectivity index (χ4v) is 4.08. The number of ether oxygens (including phenoxy) is 1. The molecule has 1 aliphatic heterocycles. The van der Waals surface area contributed by atoms with Gasteiger partial charge in [-0.05, 0) is 50.8 Å². The second-order valence-corrected chi connectivity index (χ2v) is 7.11. The maximum atomic E-state index is 5.72. The van der Waals surface area contributed by atoms with Crippen molar-refractivity contribution in [2.75, 3.05) is 24.7 Å². The summed E-state index contributed by atoms with van der Waals surface area (Å²) in [4.78, 5) is 0. The first kappa shape index (κ1) is 16.9. The van der Waals surface area contributed by atoms with Crippen molar-refractivity contribution in [2.45, 2.75) is 52.2 Å². The molecule has 1 aromatic carbocycles. The third-order valence-electron chi connectivity index (χ3n) is 4.05. The van der Waals surface area contributed by atoms with E-state index in [1.807, 2.05) is 11.8 Å². The molecule has 2 nitrogen and oxygen atoms in total. The molecule has 1 aromatic rings. The minimum Gasteiger partial charge on any atom is -0.377 e. The summed E-state index contributed by atoms with van der Waals surface area (Å²) in [6, 6.07) is 7.27. The van der Waals surface area contributed by atoms with Crippen LogP contribution in [0.25, 0.3) is 0 Å². The molecule has 0 spiro atoms. The minimum absolute atomic E-state index is 0.456. The van der Waals surface area contributed by atoms with Gasteiger partial charge >= 0.3 is 0 Å². The van der Waals surface area contributed by atoms with Gasteiger partial charge in [-0.1, -0.05) is 30.7 Å². The van der Waals surface area contributed by atoms with E-state index >= 15 is 0 Å². The lowest BCUT2D eigenvalue weighted by atomic mass is 10.00. The molecule has 0 aromatic heterocycles. The van der Waals surface area contributed by atoms with Crippen LogP contribution in [-0.4, -0.2) is 30.8 Å². The van der Waals surface area contributed by atoms with Gasteiger partial charge in [0.15, 0.2) is 0 Å². The van der Waals surface area contributed by atoms with Gasteiger partial charge in [0.1, 0.15) is 0 Å². The second kappa shape index (κ2) is 8.82. The Hall–Kier alpha value is -0.510. The third-order valence-corrected chi connectivity index (χ3v) is 5.23. The summed E-state index contributed by atoms with van der Waals surface area (Å²) in [5, 5.41) is 3.71. The zero-order valence-corrected chi connectivity index (χ0v) is 14.5. The summed E-state index contributed by atoms with van der Waals surface area (Å²) in [6.07, 6.45) is 4.14. The molecule has 1 saturated heterocycles. The summed E-state index contributed by atoms with van der Waals surface area (Å²) < 4.78 is 5.72. The van der Waals surface area contributed by atoms with E-state index in [1.165, 1.54) is 36.0 Å². The van der Waals surface area contributed by atoms with Gasteiger partial charge in [0.2, 0.25) is 0 Å². The van der Waals surface area contributed by atoms with Crippen molar-refractivity contribution in [3.05, 3.63) is 34.9 Å². The second-order valence-electron chi connectivity index (χ2n) is 6.04. The van der Waals surface area contributed by atoms with Crippen molar-refractivity contribution in [3.63, 3.8) is 0 Å². The molecule has 0 bridgehead atoms. The Morgan fingerprint density at radius 3 is 2.90 bits per heavy atom. The lowest BCUT2D eigenvalue weighted by Gasteiger charge is -2.22. The van der Waals surface area contributed by atoms with Crippen LogP contribution in [0.5, 0.6) is 0 Å².